The second kappa shape index (κ2) is 8.42. The van der Waals surface area contributed by atoms with Crippen molar-refractivity contribution in [3.8, 4) is 0 Å². The van der Waals surface area contributed by atoms with E-state index in [1.165, 1.54) is 44.9 Å². The summed E-state index contributed by atoms with van der Waals surface area (Å²) in [5, 5.41) is 10.2. The molecule has 0 aromatic rings. The first kappa shape index (κ1) is 22.6. The van der Waals surface area contributed by atoms with Crippen LogP contribution in [0.2, 0.25) is 0 Å². The van der Waals surface area contributed by atoms with Crippen molar-refractivity contribution >= 4 is 0 Å². The van der Waals surface area contributed by atoms with Crippen molar-refractivity contribution in [2.75, 3.05) is 0 Å². The molecule has 3 fully saturated rings. The van der Waals surface area contributed by atoms with Gasteiger partial charge in [0.2, 0.25) is 0 Å². The van der Waals surface area contributed by atoms with Crippen LogP contribution in [0.25, 0.3) is 0 Å². The molecule has 0 aromatic carbocycles. The predicted molar refractivity (Wildman–Crippen MR) is 128 cm³/mol. The number of aliphatic hydroxyl groups is 1. The maximum atomic E-state index is 10.2. The Labute approximate surface area is 186 Å². The quantitative estimate of drug-likeness (QED) is 0.457. The number of rotatable bonds is 5. The maximum Gasteiger partial charge on any atom is 0.0577 e. The fraction of sp³-hybridized carbons (Fsp3) is 0.862. The molecule has 1 N–H and O–H groups in total. The molecule has 0 saturated heterocycles. The summed E-state index contributed by atoms with van der Waals surface area (Å²) in [7, 11) is 0. The van der Waals surface area contributed by atoms with Crippen molar-refractivity contribution in [1.82, 2.24) is 0 Å². The van der Waals surface area contributed by atoms with Crippen LogP contribution in [-0.2, 0) is 0 Å². The minimum Gasteiger partial charge on any atom is -0.393 e. The van der Waals surface area contributed by atoms with Gasteiger partial charge in [0.1, 0.15) is 0 Å². The first-order valence-corrected chi connectivity index (χ1v) is 13.3. The van der Waals surface area contributed by atoms with E-state index in [4.69, 9.17) is 0 Å². The molecule has 9 atom stereocenters. The lowest BCUT2D eigenvalue weighted by Crippen LogP contribution is -2.50. The summed E-state index contributed by atoms with van der Waals surface area (Å²) in [6, 6.07) is 0. The van der Waals surface area contributed by atoms with Crippen LogP contribution in [0.4, 0.5) is 0 Å². The first-order valence-electron chi connectivity index (χ1n) is 13.3. The standard InChI is InChI=1S/C29H48O/c1-7-21(19(2)3)9-8-20(4)25-12-13-26-24-11-10-22-18-23(30)14-16-28(22,5)27(24)15-17-29(25,26)6/h8-10,19-21,23-27,30H,7,11-18H2,1-6H3/b9-8+/t20-,21+,23+,24+,25-,26+,27+,28+,29-/m1/s1. The second-order valence-electron chi connectivity index (χ2n) is 12.4. The Morgan fingerprint density at radius 3 is 2.50 bits per heavy atom. The van der Waals surface area contributed by atoms with E-state index < -0.39 is 0 Å². The highest BCUT2D eigenvalue weighted by Crippen LogP contribution is 2.67. The molecule has 0 spiro atoms. The van der Waals surface area contributed by atoms with E-state index in [0.717, 1.165) is 48.3 Å². The average Bonchev–Trinajstić information content (AvgIpc) is 3.06. The SMILES string of the molecule is CC[C@@H](/C=C/[C@@H](C)[C@H]1CC[C@H]2[C@@H]3CC=C4C[C@@H](O)CC[C@]4(C)[C@H]3CC[C@]12C)C(C)C. The lowest BCUT2D eigenvalue weighted by Gasteiger charge is -2.58. The Hall–Kier alpha value is -0.560. The maximum absolute atomic E-state index is 10.2. The zero-order chi connectivity index (χ0) is 21.7. The van der Waals surface area contributed by atoms with Gasteiger partial charge in [-0.15, -0.1) is 0 Å². The van der Waals surface area contributed by atoms with Crippen molar-refractivity contribution in [3.05, 3.63) is 23.8 Å². The molecular weight excluding hydrogens is 364 g/mol. The number of hydrogen-bond donors (Lipinski definition) is 1. The largest absolute Gasteiger partial charge is 0.393 e. The van der Waals surface area contributed by atoms with Gasteiger partial charge < -0.3 is 5.11 Å². The Morgan fingerprint density at radius 1 is 1.03 bits per heavy atom. The van der Waals surface area contributed by atoms with Crippen LogP contribution in [0.5, 0.6) is 0 Å². The fourth-order valence-electron chi connectivity index (χ4n) is 8.83. The molecule has 0 aliphatic heterocycles. The van der Waals surface area contributed by atoms with Gasteiger partial charge >= 0.3 is 0 Å². The van der Waals surface area contributed by atoms with Gasteiger partial charge in [0.25, 0.3) is 0 Å². The highest BCUT2D eigenvalue weighted by molar-refractivity contribution is 5.25. The molecule has 4 aliphatic carbocycles. The summed E-state index contributed by atoms with van der Waals surface area (Å²) in [6.45, 7) is 14.8. The summed E-state index contributed by atoms with van der Waals surface area (Å²) in [4.78, 5) is 0. The van der Waals surface area contributed by atoms with Crippen LogP contribution in [-0.4, -0.2) is 11.2 Å². The van der Waals surface area contributed by atoms with Crippen LogP contribution in [0, 0.1) is 52.3 Å². The number of aliphatic hydroxyl groups excluding tert-OH is 1. The summed E-state index contributed by atoms with van der Waals surface area (Å²) in [5.74, 6) is 5.70. The van der Waals surface area contributed by atoms with Crippen LogP contribution in [0.3, 0.4) is 0 Å². The van der Waals surface area contributed by atoms with Gasteiger partial charge in [0.15, 0.2) is 0 Å². The summed E-state index contributed by atoms with van der Waals surface area (Å²) in [6.07, 6.45) is 19.1. The molecule has 0 unspecified atom stereocenters. The van der Waals surface area contributed by atoms with Crippen LogP contribution in [0.1, 0.15) is 99.3 Å². The highest BCUT2D eigenvalue weighted by Gasteiger charge is 2.58. The second-order valence-corrected chi connectivity index (χ2v) is 12.4. The van der Waals surface area contributed by atoms with Gasteiger partial charge in [-0.05, 0) is 110 Å². The van der Waals surface area contributed by atoms with Gasteiger partial charge in [-0.25, -0.2) is 0 Å². The number of allylic oxidation sites excluding steroid dienone is 3. The van der Waals surface area contributed by atoms with E-state index in [1.54, 1.807) is 5.57 Å². The van der Waals surface area contributed by atoms with Crippen LogP contribution < -0.4 is 0 Å². The highest BCUT2D eigenvalue weighted by atomic mass is 16.3. The third-order valence-electron chi connectivity index (χ3n) is 10.8. The Bertz CT molecular complexity index is 674. The lowest BCUT2D eigenvalue weighted by molar-refractivity contribution is -0.0540. The third kappa shape index (κ3) is 3.66. The molecule has 0 amide bonds. The van der Waals surface area contributed by atoms with E-state index in [0.29, 0.717) is 16.7 Å². The molecule has 0 radical (unpaired) electrons. The Balaban J connectivity index is 1.52. The van der Waals surface area contributed by atoms with E-state index in [9.17, 15) is 5.11 Å². The summed E-state index contributed by atoms with van der Waals surface area (Å²) in [5.41, 5.74) is 2.51. The molecule has 0 bridgehead atoms. The summed E-state index contributed by atoms with van der Waals surface area (Å²) < 4.78 is 0. The minimum atomic E-state index is -0.0870. The number of fused-ring (bicyclic) bond motifs is 5. The van der Waals surface area contributed by atoms with Gasteiger partial charge in [-0.2, -0.15) is 0 Å². The zero-order valence-corrected chi connectivity index (χ0v) is 20.7. The first-order chi connectivity index (χ1) is 14.2. The van der Waals surface area contributed by atoms with Gasteiger partial charge in [-0.3, -0.25) is 0 Å². The van der Waals surface area contributed by atoms with Crippen molar-refractivity contribution in [2.45, 2.75) is 105 Å². The molecule has 0 heterocycles. The molecular formula is C29H48O. The smallest absolute Gasteiger partial charge is 0.0577 e. The molecule has 4 aliphatic rings. The fourth-order valence-corrected chi connectivity index (χ4v) is 8.83. The zero-order valence-electron chi connectivity index (χ0n) is 20.7. The van der Waals surface area contributed by atoms with Crippen molar-refractivity contribution < 1.29 is 5.11 Å². The van der Waals surface area contributed by atoms with Crippen molar-refractivity contribution in [1.29, 1.82) is 0 Å². The lowest BCUT2D eigenvalue weighted by atomic mass is 9.47. The molecule has 1 nitrogen and oxygen atoms in total. The van der Waals surface area contributed by atoms with E-state index in [1.807, 2.05) is 0 Å². The predicted octanol–water partition coefficient (Wildman–Crippen LogP) is 7.80. The third-order valence-corrected chi connectivity index (χ3v) is 10.8. The molecule has 170 valence electrons. The minimum absolute atomic E-state index is 0.0870. The normalized spacial score (nSPS) is 45.6. The summed E-state index contributed by atoms with van der Waals surface area (Å²) >= 11 is 0. The van der Waals surface area contributed by atoms with Gasteiger partial charge in [-0.1, -0.05) is 65.3 Å². The van der Waals surface area contributed by atoms with Gasteiger partial charge in [0.05, 0.1) is 6.10 Å². The topological polar surface area (TPSA) is 20.2 Å². The van der Waals surface area contributed by atoms with Crippen molar-refractivity contribution in [2.24, 2.45) is 52.3 Å². The monoisotopic (exact) mass is 412 g/mol. The molecule has 1 heteroatoms. The Kier molecular flexibility index (Phi) is 6.35. The van der Waals surface area contributed by atoms with Gasteiger partial charge in [0, 0.05) is 0 Å². The van der Waals surface area contributed by atoms with Crippen molar-refractivity contribution in [3.63, 3.8) is 0 Å². The van der Waals surface area contributed by atoms with E-state index in [2.05, 4.69) is 59.8 Å². The van der Waals surface area contributed by atoms with Crippen LogP contribution in [0.15, 0.2) is 23.8 Å². The molecule has 0 aromatic heterocycles. The average molecular weight is 413 g/mol. The molecule has 30 heavy (non-hydrogen) atoms. The Morgan fingerprint density at radius 2 is 1.80 bits per heavy atom. The van der Waals surface area contributed by atoms with E-state index >= 15 is 0 Å². The number of hydrogen-bond acceptors (Lipinski definition) is 1. The van der Waals surface area contributed by atoms with Crippen LogP contribution >= 0.6 is 0 Å². The van der Waals surface area contributed by atoms with E-state index in [-0.39, 0.29) is 6.10 Å². The molecule has 3 saturated carbocycles. The molecule has 4 rings (SSSR count).